The summed E-state index contributed by atoms with van der Waals surface area (Å²) in [4.78, 5) is 0. The predicted molar refractivity (Wildman–Crippen MR) is 66.9 cm³/mol. The molecule has 1 aliphatic rings. The Bertz CT molecular complexity index is 314. The molecule has 4 nitrogen and oxygen atoms in total. The van der Waals surface area contributed by atoms with Crippen LogP contribution in [0, 0.1) is 0 Å². The maximum atomic E-state index is 10.2. The second kappa shape index (κ2) is 8.50. The van der Waals surface area contributed by atoms with E-state index in [9.17, 15) is 8.42 Å². The first-order chi connectivity index (χ1) is 7.79. The van der Waals surface area contributed by atoms with Crippen LogP contribution in [0.15, 0.2) is 23.8 Å². The lowest BCUT2D eigenvalue weighted by molar-refractivity contribution is 0.591. The Morgan fingerprint density at radius 1 is 1.19 bits per heavy atom. The SMILES string of the molecule is O=[SH](=O)NCCNCCCC1=CCC=CC1. The molecule has 0 saturated heterocycles. The molecule has 0 bridgehead atoms. The molecule has 5 heteroatoms. The Balaban J connectivity index is 1.90. The van der Waals surface area contributed by atoms with Gasteiger partial charge in [-0.25, -0.2) is 13.1 Å². The van der Waals surface area contributed by atoms with Crippen molar-refractivity contribution in [3.05, 3.63) is 23.8 Å². The van der Waals surface area contributed by atoms with Gasteiger partial charge in [0.2, 0.25) is 10.9 Å². The summed E-state index contributed by atoms with van der Waals surface area (Å²) in [7, 11) is -2.44. The van der Waals surface area contributed by atoms with E-state index < -0.39 is 10.9 Å². The van der Waals surface area contributed by atoms with Gasteiger partial charge in [-0.2, -0.15) is 0 Å². The summed E-state index contributed by atoms with van der Waals surface area (Å²) in [6.07, 6.45) is 11.1. The lowest BCUT2D eigenvalue weighted by Crippen LogP contribution is -2.27. The molecule has 0 amide bonds. The molecule has 0 spiro atoms. The summed E-state index contributed by atoms with van der Waals surface area (Å²) in [6.45, 7) is 2.12. The third kappa shape index (κ3) is 6.76. The zero-order valence-corrected chi connectivity index (χ0v) is 10.3. The van der Waals surface area contributed by atoms with Crippen molar-refractivity contribution >= 4 is 10.9 Å². The first kappa shape index (κ1) is 13.4. The molecule has 0 radical (unpaired) electrons. The molecule has 0 atom stereocenters. The molecule has 0 unspecified atom stereocenters. The van der Waals surface area contributed by atoms with Crippen molar-refractivity contribution in [2.75, 3.05) is 19.6 Å². The maximum Gasteiger partial charge on any atom is 0.201 e. The number of hydrogen-bond donors (Lipinski definition) is 3. The molecule has 0 aromatic rings. The van der Waals surface area contributed by atoms with Crippen LogP contribution in [0.1, 0.15) is 25.7 Å². The van der Waals surface area contributed by atoms with Crippen LogP contribution >= 0.6 is 0 Å². The van der Waals surface area contributed by atoms with E-state index in [0.29, 0.717) is 13.1 Å². The van der Waals surface area contributed by atoms with Crippen molar-refractivity contribution in [3.8, 4) is 0 Å². The van der Waals surface area contributed by atoms with Gasteiger partial charge < -0.3 is 5.32 Å². The van der Waals surface area contributed by atoms with Crippen molar-refractivity contribution in [3.63, 3.8) is 0 Å². The smallest absolute Gasteiger partial charge is 0.201 e. The second-order valence-electron chi connectivity index (χ2n) is 3.79. The molecule has 1 aliphatic carbocycles. The Morgan fingerprint density at radius 3 is 2.75 bits per heavy atom. The van der Waals surface area contributed by atoms with Gasteiger partial charge in [0.25, 0.3) is 0 Å². The summed E-state index contributed by atoms with van der Waals surface area (Å²) >= 11 is 0. The van der Waals surface area contributed by atoms with Gasteiger partial charge in [-0.05, 0) is 32.2 Å². The highest BCUT2D eigenvalue weighted by Crippen LogP contribution is 2.15. The van der Waals surface area contributed by atoms with E-state index in [-0.39, 0.29) is 0 Å². The summed E-state index contributed by atoms with van der Waals surface area (Å²) in [5.41, 5.74) is 1.52. The fourth-order valence-electron chi connectivity index (χ4n) is 1.65. The molecule has 92 valence electrons. The lowest BCUT2D eigenvalue weighted by Gasteiger charge is -2.08. The monoisotopic (exact) mass is 244 g/mol. The lowest BCUT2D eigenvalue weighted by atomic mass is 10.0. The Kier molecular flexibility index (Phi) is 7.12. The zero-order valence-electron chi connectivity index (χ0n) is 9.45. The first-order valence-corrected chi connectivity index (χ1v) is 6.88. The van der Waals surface area contributed by atoms with Crippen molar-refractivity contribution < 1.29 is 8.42 Å². The Labute approximate surface area is 98.9 Å². The van der Waals surface area contributed by atoms with Crippen molar-refractivity contribution in [1.82, 2.24) is 10.0 Å². The quantitative estimate of drug-likeness (QED) is 0.335. The average Bonchev–Trinajstić information content (AvgIpc) is 2.29. The summed E-state index contributed by atoms with van der Waals surface area (Å²) in [6, 6.07) is 0. The molecule has 0 saturated carbocycles. The average molecular weight is 244 g/mol. The molecule has 16 heavy (non-hydrogen) atoms. The molecule has 0 heterocycles. The standard InChI is InChI=1S/C11H20N2O2S/c14-16(15)13-10-9-12-8-4-7-11-5-2-1-3-6-11/h1-2,6,12,16H,3-5,7-10H2,(H,13,14,15). The van der Waals surface area contributed by atoms with Crippen LogP contribution in [0.3, 0.4) is 0 Å². The fourth-order valence-corrected chi connectivity index (χ4v) is 1.95. The molecule has 2 N–H and O–H groups in total. The zero-order chi connectivity index (χ0) is 11.6. The van der Waals surface area contributed by atoms with Crippen molar-refractivity contribution in [2.45, 2.75) is 25.7 Å². The van der Waals surface area contributed by atoms with E-state index >= 15 is 0 Å². The second-order valence-corrected chi connectivity index (χ2v) is 4.62. The number of nitrogens with one attached hydrogen (secondary N) is 2. The Morgan fingerprint density at radius 2 is 2.06 bits per heavy atom. The molecule has 0 aliphatic heterocycles. The fraction of sp³-hybridized carbons (Fsp3) is 0.636. The summed E-state index contributed by atoms with van der Waals surface area (Å²) < 4.78 is 22.7. The molecule has 0 fully saturated rings. The minimum Gasteiger partial charge on any atom is -0.315 e. The molecular formula is C11H20N2O2S. The van der Waals surface area contributed by atoms with E-state index in [1.807, 2.05) is 0 Å². The third-order valence-corrected chi connectivity index (χ3v) is 2.97. The molecular weight excluding hydrogens is 224 g/mol. The van der Waals surface area contributed by atoms with Crippen LogP contribution in [-0.2, 0) is 10.9 Å². The van der Waals surface area contributed by atoms with Crippen LogP contribution in [0.2, 0.25) is 0 Å². The van der Waals surface area contributed by atoms with Gasteiger partial charge in [0.05, 0.1) is 0 Å². The van der Waals surface area contributed by atoms with Crippen molar-refractivity contribution in [2.24, 2.45) is 0 Å². The normalized spacial score (nSPS) is 15.4. The molecule has 1 rings (SSSR count). The molecule has 0 aromatic heterocycles. The minimum atomic E-state index is -2.44. The van der Waals surface area contributed by atoms with Gasteiger partial charge in [-0.3, -0.25) is 0 Å². The topological polar surface area (TPSA) is 58.2 Å². The number of thiol groups is 1. The van der Waals surface area contributed by atoms with Crippen LogP contribution in [0.25, 0.3) is 0 Å². The first-order valence-electron chi connectivity index (χ1n) is 5.70. The number of allylic oxidation sites excluding steroid dienone is 4. The summed E-state index contributed by atoms with van der Waals surface area (Å²) in [5.74, 6) is 0. The van der Waals surface area contributed by atoms with Gasteiger partial charge in [0.15, 0.2) is 0 Å². The van der Waals surface area contributed by atoms with E-state index in [4.69, 9.17) is 0 Å². The number of hydrogen-bond acceptors (Lipinski definition) is 3. The third-order valence-electron chi connectivity index (χ3n) is 2.48. The highest BCUT2D eigenvalue weighted by atomic mass is 32.2. The van der Waals surface area contributed by atoms with E-state index in [2.05, 4.69) is 28.3 Å². The minimum absolute atomic E-state index is 0.476. The molecule has 0 aromatic carbocycles. The Hall–Kier alpha value is -0.650. The maximum absolute atomic E-state index is 10.2. The van der Waals surface area contributed by atoms with Crippen LogP contribution in [0.5, 0.6) is 0 Å². The highest BCUT2D eigenvalue weighted by Gasteiger charge is 1.98. The van der Waals surface area contributed by atoms with Gasteiger partial charge in [-0.15, -0.1) is 0 Å². The van der Waals surface area contributed by atoms with Gasteiger partial charge in [0, 0.05) is 13.1 Å². The number of rotatable bonds is 8. The van der Waals surface area contributed by atoms with Crippen LogP contribution in [-0.4, -0.2) is 28.1 Å². The van der Waals surface area contributed by atoms with Gasteiger partial charge >= 0.3 is 0 Å². The van der Waals surface area contributed by atoms with Gasteiger partial charge in [-0.1, -0.05) is 23.8 Å². The van der Waals surface area contributed by atoms with Crippen LogP contribution in [0.4, 0.5) is 0 Å². The predicted octanol–water partition coefficient (Wildman–Crippen LogP) is 0.749. The van der Waals surface area contributed by atoms with Crippen molar-refractivity contribution in [1.29, 1.82) is 0 Å². The van der Waals surface area contributed by atoms with E-state index in [1.54, 1.807) is 0 Å². The van der Waals surface area contributed by atoms with Crippen LogP contribution < -0.4 is 10.0 Å². The van der Waals surface area contributed by atoms with Gasteiger partial charge in [0.1, 0.15) is 0 Å². The van der Waals surface area contributed by atoms with E-state index in [1.165, 1.54) is 5.57 Å². The summed E-state index contributed by atoms with van der Waals surface area (Å²) in [5, 5.41) is 3.21. The largest absolute Gasteiger partial charge is 0.315 e. The van der Waals surface area contributed by atoms with E-state index in [0.717, 1.165) is 32.2 Å². The highest BCUT2D eigenvalue weighted by molar-refractivity contribution is 7.70.